The maximum atomic E-state index is 12.4. The van der Waals surface area contributed by atoms with Crippen molar-refractivity contribution in [3.8, 4) is 6.07 Å². The van der Waals surface area contributed by atoms with Gasteiger partial charge in [0.2, 0.25) is 11.8 Å². The van der Waals surface area contributed by atoms with E-state index < -0.39 is 0 Å². The predicted octanol–water partition coefficient (Wildman–Crippen LogP) is 4.62. The molecule has 0 fully saturated rings. The molecule has 3 aromatic heterocycles. The number of nitrogens with zero attached hydrogens (tertiary/aromatic N) is 4. The topological polar surface area (TPSA) is 120 Å². The molecule has 1 aliphatic carbocycles. The minimum atomic E-state index is -0.156. The second-order valence-electron chi connectivity index (χ2n) is 7.53. The zero-order chi connectivity index (χ0) is 21.9. The largest absolute Gasteiger partial charge is 0.339 e. The smallest absolute Gasteiger partial charge is 0.227 e. The summed E-state index contributed by atoms with van der Waals surface area (Å²) in [5, 5.41) is 17.9. The highest BCUT2D eigenvalue weighted by molar-refractivity contribution is 7.98. The lowest BCUT2D eigenvalue weighted by Crippen LogP contribution is -2.12. The number of aromatic nitrogens is 4. The number of imidazole rings is 1. The fourth-order valence-corrected chi connectivity index (χ4v) is 5.75. The highest BCUT2D eigenvalue weighted by Gasteiger charge is 2.22. The number of hydrogen-bond donors (Lipinski definition) is 2. The average Bonchev–Trinajstić information content (AvgIpc) is 3.52. The van der Waals surface area contributed by atoms with E-state index in [1.165, 1.54) is 28.0 Å². The number of hydrogen-bond acceptors (Lipinski definition) is 8. The van der Waals surface area contributed by atoms with E-state index in [-0.39, 0.29) is 12.3 Å². The van der Waals surface area contributed by atoms with Crippen molar-refractivity contribution in [2.75, 3.05) is 5.32 Å². The number of aryl methyl sites for hydroxylation is 2. The Hall–Kier alpha value is -3.16. The molecule has 0 saturated heterocycles. The van der Waals surface area contributed by atoms with Crippen molar-refractivity contribution in [1.82, 2.24) is 20.1 Å². The quantitative estimate of drug-likeness (QED) is 0.383. The lowest BCUT2D eigenvalue weighted by Gasteiger charge is -2.09. The number of carbonyl (C=O) groups excluding carboxylic acids is 1. The van der Waals surface area contributed by atoms with Gasteiger partial charge in [-0.1, -0.05) is 29.1 Å². The highest BCUT2D eigenvalue weighted by Crippen LogP contribution is 2.37. The lowest BCUT2D eigenvalue weighted by atomic mass is 9.96. The first kappa shape index (κ1) is 20.7. The molecule has 0 radical (unpaired) electrons. The van der Waals surface area contributed by atoms with E-state index in [1.807, 2.05) is 24.3 Å². The monoisotopic (exact) mass is 464 g/mol. The number of fused-ring (bicyclic) bond motifs is 2. The maximum absolute atomic E-state index is 12.4. The van der Waals surface area contributed by atoms with Gasteiger partial charge >= 0.3 is 0 Å². The van der Waals surface area contributed by atoms with Gasteiger partial charge < -0.3 is 14.8 Å². The van der Waals surface area contributed by atoms with Crippen LogP contribution < -0.4 is 5.32 Å². The highest BCUT2D eigenvalue weighted by atomic mass is 32.2. The van der Waals surface area contributed by atoms with Gasteiger partial charge in [0, 0.05) is 17.7 Å². The number of nitrogens with one attached hydrogen (secondary N) is 2. The Labute approximate surface area is 192 Å². The zero-order valence-corrected chi connectivity index (χ0v) is 18.8. The van der Waals surface area contributed by atoms with Crippen molar-refractivity contribution >= 4 is 45.0 Å². The van der Waals surface area contributed by atoms with Crippen molar-refractivity contribution in [3.05, 3.63) is 52.0 Å². The Kier molecular flexibility index (Phi) is 5.92. The number of aromatic amines is 1. The molecule has 0 aliphatic heterocycles. The normalized spacial score (nSPS) is 13.1. The van der Waals surface area contributed by atoms with Gasteiger partial charge in [-0.2, -0.15) is 10.2 Å². The minimum Gasteiger partial charge on any atom is -0.339 e. The summed E-state index contributed by atoms with van der Waals surface area (Å²) in [5.74, 6) is 1.34. The molecule has 32 heavy (non-hydrogen) atoms. The average molecular weight is 465 g/mol. The van der Waals surface area contributed by atoms with Crippen molar-refractivity contribution in [1.29, 1.82) is 5.26 Å². The number of nitriles is 1. The van der Waals surface area contributed by atoms with Crippen molar-refractivity contribution in [2.45, 2.75) is 49.4 Å². The summed E-state index contributed by atoms with van der Waals surface area (Å²) in [6.07, 6.45) is 4.70. The first-order valence-electron chi connectivity index (χ1n) is 10.4. The molecule has 1 amide bonds. The maximum Gasteiger partial charge on any atom is 0.227 e. The van der Waals surface area contributed by atoms with Crippen molar-refractivity contribution in [3.63, 3.8) is 0 Å². The van der Waals surface area contributed by atoms with Gasteiger partial charge in [0.1, 0.15) is 11.1 Å². The van der Waals surface area contributed by atoms with E-state index in [1.54, 1.807) is 0 Å². The lowest BCUT2D eigenvalue weighted by molar-refractivity contribution is -0.116. The molecule has 2 N–H and O–H groups in total. The van der Waals surface area contributed by atoms with Crippen LogP contribution in [0.1, 0.15) is 47.0 Å². The number of thioether (sulfide) groups is 1. The van der Waals surface area contributed by atoms with Gasteiger partial charge in [-0.25, -0.2) is 4.98 Å². The molecule has 0 bridgehead atoms. The first-order valence-corrected chi connectivity index (χ1v) is 12.2. The number of thiophene rings is 1. The van der Waals surface area contributed by atoms with Gasteiger partial charge in [-0.15, -0.1) is 11.3 Å². The molecule has 0 atom stereocenters. The van der Waals surface area contributed by atoms with Crippen LogP contribution in [0.5, 0.6) is 0 Å². The Morgan fingerprint density at radius 3 is 3.03 bits per heavy atom. The predicted molar refractivity (Wildman–Crippen MR) is 123 cm³/mol. The van der Waals surface area contributed by atoms with Crippen molar-refractivity contribution in [2.24, 2.45) is 0 Å². The van der Waals surface area contributed by atoms with Crippen molar-refractivity contribution < 1.29 is 9.32 Å². The molecule has 4 aromatic rings. The van der Waals surface area contributed by atoms with E-state index in [2.05, 4.69) is 31.5 Å². The summed E-state index contributed by atoms with van der Waals surface area (Å²) in [6, 6.07) is 10.1. The van der Waals surface area contributed by atoms with Gasteiger partial charge in [-0.3, -0.25) is 4.79 Å². The molecular weight excluding hydrogens is 444 g/mol. The summed E-state index contributed by atoms with van der Waals surface area (Å²) in [7, 11) is 0. The van der Waals surface area contributed by atoms with Crippen LogP contribution in [0.2, 0.25) is 0 Å². The van der Waals surface area contributed by atoms with E-state index in [0.29, 0.717) is 34.5 Å². The molecule has 1 aliphatic rings. The van der Waals surface area contributed by atoms with Gasteiger partial charge in [0.15, 0.2) is 11.0 Å². The van der Waals surface area contributed by atoms with Crippen LogP contribution in [0, 0.1) is 11.3 Å². The number of H-pyrrole nitrogens is 1. The van der Waals surface area contributed by atoms with Gasteiger partial charge in [0.05, 0.1) is 22.3 Å². The third-order valence-corrected chi connectivity index (χ3v) is 7.39. The van der Waals surface area contributed by atoms with Crippen LogP contribution in [0.25, 0.3) is 11.0 Å². The van der Waals surface area contributed by atoms with E-state index in [9.17, 15) is 10.1 Å². The number of rotatable bonds is 7. The Balaban J connectivity index is 1.14. The fraction of sp³-hybridized carbons (Fsp3) is 0.318. The molecule has 0 spiro atoms. The van der Waals surface area contributed by atoms with Crippen LogP contribution >= 0.6 is 23.1 Å². The summed E-state index contributed by atoms with van der Waals surface area (Å²) in [6.45, 7) is 0. The number of carbonyl (C=O) groups is 1. The molecule has 1 aromatic carbocycles. The zero-order valence-electron chi connectivity index (χ0n) is 17.2. The number of anilines is 1. The van der Waals surface area contributed by atoms with E-state index in [4.69, 9.17) is 4.52 Å². The summed E-state index contributed by atoms with van der Waals surface area (Å²) in [5.41, 5.74) is 3.64. The third kappa shape index (κ3) is 4.40. The van der Waals surface area contributed by atoms with Crippen LogP contribution in [-0.4, -0.2) is 26.0 Å². The van der Waals surface area contributed by atoms with Crippen LogP contribution in [0.3, 0.4) is 0 Å². The molecular formula is C22H20N6O2S2. The molecule has 162 valence electrons. The third-order valence-electron chi connectivity index (χ3n) is 5.32. The standard InChI is InChI=1S/C22H20N6O2S2/c23-11-14-13-5-1-4-8-17(13)32-21(14)27-19(29)9-10-20-26-18(28-30-20)12-31-22-24-15-6-2-3-7-16(15)25-22/h2-3,6-7H,1,4-5,8-10,12H2,(H,24,25)(H,27,29). The molecule has 5 rings (SSSR count). The Bertz CT molecular complexity index is 1280. The molecule has 3 heterocycles. The van der Waals surface area contributed by atoms with Crippen LogP contribution in [0.15, 0.2) is 33.9 Å². The minimum absolute atomic E-state index is 0.156. The molecule has 8 nitrogen and oxygen atoms in total. The summed E-state index contributed by atoms with van der Waals surface area (Å²) < 4.78 is 5.29. The van der Waals surface area contributed by atoms with Gasteiger partial charge in [0.25, 0.3) is 0 Å². The van der Waals surface area contributed by atoms with Crippen LogP contribution in [-0.2, 0) is 29.8 Å². The molecule has 0 saturated carbocycles. The number of amides is 1. The molecule has 0 unspecified atom stereocenters. The SMILES string of the molecule is N#Cc1c(NC(=O)CCc2nc(CSc3nc4ccccc4[nH]3)no2)sc2c1CCCC2. The van der Waals surface area contributed by atoms with Crippen LogP contribution in [0.4, 0.5) is 5.00 Å². The summed E-state index contributed by atoms with van der Waals surface area (Å²) in [4.78, 5) is 25.8. The first-order chi connectivity index (χ1) is 15.7. The van der Waals surface area contributed by atoms with E-state index in [0.717, 1.165) is 47.4 Å². The number of benzene rings is 1. The summed E-state index contributed by atoms with van der Waals surface area (Å²) >= 11 is 3.02. The molecule has 10 heteroatoms. The second-order valence-corrected chi connectivity index (χ2v) is 9.60. The van der Waals surface area contributed by atoms with E-state index >= 15 is 0 Å². The number of para-hydroxylation sites is 2. The Morgan fingerprint density at radius 2 is 2.16 bits per heavy atom. The second kappa shape index (κ2) is 9.14. The fourth-order valence-electron chi connectivity index (χ4n) is 3.76. The van der Waals surface area contributed by atoms with Gasteiger partial charge in [-0.05, 0) is 43.4 Å². The Morgan fingerprint density at radius 1 is 1.28 bits per heavy atom.